The molecule has 9 heteroatoms. The number of nitrogens with zero attached hydrogens (tertiary/aromatic N) is 4. The summed E-state index contributed by atoms with van der Waals surface area (Å²) in [7, 11) is 0. The fourth-order valence-corrected chi connectivity index (χ4v) is 4.07. The predicted octanol–water partition coefficient (Wildman–Crippen LogP) is 3.93. The van der Waals surface area contributed by atoms with Gasteiger partial charge in [0.15, 0.2) is 5.82 Å². The number of halogens is 1. The SMILES string of the molecule is Cc1cc(Nc2cncc(N3CCC[C@@H](NC(=O)c4ccc(C5CC5)cc4F)C3)n2)on1. The van der Waals surface area contributed by atoms with Crippen LogP contribution in [-0.4, -0.2) is 40.2 Å². The summed E-state index contributed by atoms with van der Waals surface area (Å²) in [6.07, 6.45) is 7.21. The minimum absolute atomic E-state index is 0.0971. The van der Waals surface area contributed by atoms with Crippen LogP contribution in [0.4, 0.5) is 21.9 Å². The van der Waals surface area contributed by atoms with E-state index in [-0.39, 0.29) is 17.5 Å². The van der Waals surface area contributed by atoms with Crippen molar-refractivity contribution in [2.45, 2.75) is 44.6 Å². The molecule has 1 aromatic carbocycles. The first kappa shape index (κ1) is 20.4. The fourth-order valence-electron chi connectivity index (χ4n) is 4.07. The Bertz CT molecular complexity index is 1130. The molecule has 0 unspecified atom stereocenters. The highest BCUT2D eigenvalue weighted by molar-refractivity contribution is 5.94. The minimum atomic E-state index is -0.452. The maximum absolute atomic E-state index is 14.5. The van der Waals surface area contributed by atoms with Crippen molar-refractivity contribution < 1.29 is 13.7 Å². The van der Waals surface area contributed by atoms with E-state index in [1.165, 1.54) is 6.07 Å². The van der Waals surface area contributed by atoms with E-state index in [0.29, 0.717) is 30.0 Å². The van der Waals surface area contributed by atoms with E-state index < -0.39 is 5.82 Å². The summed E-state index contributed by atoms with van der Waals surface area (Å²) in [5.74, 6) is 1.36. The molecule has 1 saturated heterocycles. The second kappa shape index (κ2) is 8.57. The molecule has 0 bridgehead atoms. The van der Waals surface area contributed by atoms with Gasteiger partial charge in [0.25, 0.3) is 5.91 Å². The summed E-state index contributed by atoms with van der Waals surface area (Å²) in [6.45, 7) is 3.22. The first-order chi connectivity index (χ1) is 15.5. The number of piperidine rings is 1. The Morgan fingerprint density at radius 1 is 1.22 bits per heavy atom. The minimum Gasteiger partial charge on any atom is -0.353 e. The molecular formula is C23H25FN6O2. The Balaban J connectivity index is 1.23. The molecule has 1 aliphatic heterocycles. The number of hydrogen-bond donors (Lipinski definition) is 2. The maximum atomic E-state index is 14.5. The van der Waals surface area contributed by atoms with Gasteiger partial charge in [-0.05, 0) is 56.2 Å². The fraction of sp³-hybridized carbons (Fsp3) is 0.391. The van der Waals surface area contributed by atoms with Crippen LogP contribution in [0.3, 0.4) is 0 Å². The van der Waals surface area contributed by atoms with Crippen molar-refractivity contribution in [1.29, 1.82) is 0 Å². The molecule has 32 heavy (non-hydrogen) atoms. The third-order valence-corrected chi connectivity index (χ3v) is 5.87. The first-order valence-corrected chi connectivity index (χ1v) is 10.9. The van der Waals surface area contributed by atoms with Crippen LogP contribution in [0.15, 0.2) is 41.2 Å². The molecule has 1 atom stereocenters. The molecule has 3 heterocycles. The number of carbonyl (C=O) groups is 1. The van der Waals surface area contributed by atoms with E-state index in [0.717, 1.165) is 43.5 Å². The molecule has 8 nitrogen and oxygen atoms in total. The second-order valence-electron chi connectivity index (χ2n) is 8.49. The number of rotatable bonds is 6. The predicted molar refractivity (Wildman–Crippen MR) is 118 cm³/mol. The highest BCUT2D eigenvalue weighted by Gasteiger charge is 2.27. The quantitative estimate of drug-likeness (QED) is 0.604. The van der Waals surface area contributed by atoms with Crippen LogP contribution in [0, 0.1) is 12.7 Å². The van der Waals surface area contributed by atoms with E-state index in [1.54, 1.807) is 24.5 Å². The number of aryl methyl sites for hydroxylation is 1. The summed E-state index contributed by atoms with van der Waals surface area (Å²) in [6, 6.07) is 6.65. The molecule has 0 spiro atoms. The molecule has 2 N–H and O–H groups in total. The van der Waals surface area contributed by atoms with Gasteiger partial charge in [0.05, 0.1) is 23.7 Å². The average Bonchev–Trinajstić information content (AvgIpc) is 3.56. The van der Waals surface area contributed by atoms with Crippen LogP contribution in [0.25, 0.3) is 0 Å². The van der Waals surface area contributed by atoms with E-state index in [2.05, 4.69) is 30.7 Å². The van der Waals surface area contributed by atoms with Crippen LogP contribution in [-0.2, 0) is 0 Å². The van der Waals surface area contributed by atoms with Gasteiger partial charge in [0, 0.05) is 25.2 Å². The van der Waals surface area contributed by atoms with E-state index in [9.17, 15) is 9.18 Å². The van der Waals surface area contributed by atoms with Gasteiger partial charge in [0.1, 0.15) is 11.6 Å². The molecule has 166 valence electrons. The van der Waals surface area contributed by atoms with Gasteiger partial charge >= 0.3 is 0 Å². The lowest BCUT2D eigenvalue weighted by Gasteiger charge is -2.33. The molecule has 3 aromatic rings. The number of carbonyl (C=O) groups excluding carboxylic acids is 1. The topological polar surface area (TPSA) is 96.2 Å². The molecule has 2 fully saturated rings. The van der Waals surface area contributed by atoms with E-state index >= 15 is 0 Å². The first-order valence-electron chi connectivity index (χ1n) is 10.9. The highest BCUT2D eigenvalue weighted by Crippen LogP contribution is 2.40. The standard InChI is InChI=1S/C23H25FN6O2/c1-14-9-22(32-29-14)28-20-11-25-12-21(27-20)30-8-2-3-17(13-30)26-23(31)18-7-6-16(10-19(18)24)15-4-5-15/h6-7,9-12,15,17H,2-5,8,13H2,1H3,(H,26,31)(H,27,28)/t17-/m1/s1. The van der Waals surface area contributed by atoms with Crippen LogP contribution < -0.4 is 15.5 Å². The third-order valence-electron chi connectivity index (χ3n) is 5.87. The van der Waals surface area contributed by atoms with Gasteiger partial charge < -0.3 is 20.1 Å². The number of hydrogen-bond acceptors (Lipinski definition) is 7. The molecule has 1 saturated carbocycles. The van der Waals surface area contributed by atoms with Crippen LogP contribution in [0.5, 0.6) is 0 Å². The van der Waals surface area contributed by atoms with E-state index in [1.807, 2.05) is 13.0 Å². The van der Waals surface area contributed by atoms with Gasteiger partial charge in [-0.15, -0.1) is 0 Å². The summed E-state index contributed by atoms with van der Waals surface area (Å²) in [5.41, 5.74) is 1.85. The second-order valence-corrected chi connectivity index (χ2v) is 8.49. The normalized spacial score (nSPS) is 18.4. The molecule has 1 amide bonds. The van der Waals surface area contributed by atoms with Crippen LogP contribution >= 0.6 is 0 Å². The number of amides is 1. The van der Waals surface area contributed by atoms with Crippen molar-refractivity contribution in [3.8, 4) is 0 Å². The lowest BCUT2D eigenvalue weighted by Crippen LogP contribution is -2.48. The highest BCUT2D eigenvalue weighted by atomic mass is 19.1. The largest absolute Gasteiger partial charge is 0.353 e. The Hall–Kier alpha value is -3.49. The van der Waals surface area contributed by atoms with Gasteiger partial charge in [-0.25, -0.2) is 9.37 Å². The Labute approximate surface area is 185 Å². The number of benzene rings is 1. The number of anilines is 3. The van der Waals surface area contributed by atoms with Gasteiger partial charge in [-0.1, -0.05) is 11.2 Å². The van der Waals surface area contributed by atoms with Crippen molar-refractivity contribution in [3.05, 3.63) is 59.3 Å². The number of aromatic nitrogens is 3. The molecular weight excluding hydrogens is 411 g/mol. The lowest BCUT2D eigenvalue weighted by molar-refractivity contribution is 0.0929. The summed E-state index contributed by atoms with van der Waals surface area (Å²) in [5, 5.41) is 9.89. The van der Waals surface area contributed by atoms with Crippen molar-refractivity contribution in [2.75, 3.05) is 23.3 Å². The maximum Gasteiger partial charge on any atom is 0.254 e. The molecule has 2 aromatic heterocycles. The lowest BCUT2D eigenvalue weighted by atomic mass is 10.0. The Morgan fingerprint density at radius 2 is 2.09 bits per heavy atom. The van der Waals surface area contributed by atoms with Crippen molar-refractivity contribution in [2.24, 2.45) is 0 Å². The van der Waals surface area contributed by atoms with Gasteiger partial charge in [-0.2, -0.15) is 0 Å². The molecule has 5 rings (SSSR count). The van der Waals surface area contributed by atoms with Gasteiger partial charge in [0.2, 0.25) is 5.88 Å². The van der Waals surface area contributed by atoms with Crippen LogP contribution in [0.1, 0.15) is 53.2 Å². The van der Waals surface area contributed by atoms with Crippen molar-refractivity contribution >= 4 is 23.4 Å². The average molecular weight is 436 g/mol. The number of nitrogens with one attached hydrogen (secondary N) is 2. The van der Waals surface area contributed by atoms with Crippen molar-refractivity contribution in [1.82, 2.24) is 20.4 Å². The van der Waals surface area contributed by atoms with Gasteiger partial charge in [-0.3, -0.25) is 9.78 Å². The van der Waals surface area contributed by atoms with Crippen molar-refractivity contribution in [3.63, 3.8) is 0 Å². The third kappa shape index (κ3) is 4.56. The zero-order chi connectivity index (χ0) is 22.1. The summed E-state index contributed by atoms with van der Waals surface area (Å²) in [4.78, 5) is 23.7. The Kier molecular flexibility index (Phi) is 5.46. The molecule has 2 aliphatic rings. The summed E-state index contributed by atoms with van der Waals surface area (Å²) >= 11 is 0. The van der Waals surface area contributed by atoms with E-state index in [4.69, 9.17) is 4.52 Å². The monoisotopic (exact) mass is 436 g/mol. The molecule has 0 radical (unpaired) electrons. The summed E-state index contributed by atoms with van der Waals surface area (Å²) < 4.78 is 19.7. The zero-order valence-corrected chi connectivity index (χ0v) is 17.8. The zero-order valence-electron chi connectivity index (χ0n) is 17.8. The smallest absolute Gasteiger partial charge is 0.254 e. The Morgan fingerprint density at radius 3 is 2.84 bits per heavy atom. The van der Waals surface area contributed by atoms with Crippen LogP contribution in [0.2, 0.25) is 0 Å². The molecule has 1 aliphatic carbocycles.